The first kappa shape index (κ1) is 17.4. The zero-order chi connectivity index (χ0) is 15.1. The van der Waals surface area contributed by atoms with Crippen LogP contribution >= 0.6 is 0 Å². The van der Waals surface area contributed by atoms with E-state index in [1.54, 1.807) is 0 Å². The first-order chi connectivity index (χ1) is 9.51. The van der Waals surface area contributed by atoms with Gasteiger partial charge in [0.15, 0.2) is 0 Å². The van der Waals surface area contributed by atoms with E-state index in [0.717, 1.165) is 25.9 Å². The molecule has 0 amide bonds. The summed E-state index contributed by atoms with van der Waals surface area (Å²) in [7, 11) is -1.26. The minimum absolute atomic E-state index is 0.0863. The van der Waals surface area contributed by atoms with Crippen LogP contribution < -0.4 is 5.32 Å². The Balaban J connectivity index is 2.58. The summed E-state index contributed by atoms with van der Waals surface area (Å²) in [5, 5.41) is 30.1. The molecule has 1 fully saturated rings. The van der Waals surface area contributed by atoms with Crippen LogP contribution in [0.1, 0.15) is 33.1 Å². The largest absolute Gasteiger partial charge is 0.480 e. The predicted molar refractivity (Wildman–Crippen MR) is 78.5 cm³/mol. The van der Waals surface area contributed by atoms with Gasteiger partial charge in [0.05, 0.1) is 0 Å². The Morgan fingerprint density at radius 3 is 2.45 bits per heavy atom. The van der Waals surface area contributed by atoms with Crippen molar-refractivity contribution in [1.29, 1.82) is 0 Å². The first-order valence-electron chi connectivity index (χ1n) is 7.57. The zero-order valence-corrected chi connectivity index (χ0v) is 12.5. The van der Waals surface area contributed by atoms with Crippen LogP contribution in [0.3, 0.4) is 0 Å². The molecule has 0 aromatic carbocycles. The van der Waals surface area contributed by atoms with E-state index in [0.29, 0.717) is 19.3 Å². The van der Waals surface area contributed by atoms with E-state index in [-0.39, 0.29) is 12.0 Å². The Morgan fingerprint density at radius 1 is 1.30 bits per heavy atom. The van der Waals surface area contributed by atoms with Crippen molar-refractivity contribution in [1.82, 2.24) is 10.2 Å². The molecule has 0 aromatic heterocycles. The van der Waals surface area contributed by atoms with Crippen molar-refractivity contribution in [3.63, 3.8) is 0 Å². The SMILES string of the molecule is CCN(CC)[C@H]1CN[C@H](C(=O)O)[C@@H]1CCCCB(O)O. The molecule has 116 valence electrons. The standard InChI is InChI=1S/C13H27BN2O4/c1-3-16(4-2)11-9-15-12(13(17)18)10(11)7-5-6-8-14(19)20/h10-12,15,19-20H,3-9H2,1-2H3,(H,17,18)/t10-,11+,12+/m1/s1. The van der Waals surface area contributed by atoms with Crippen LogP contribution in [0.15, 0.2) is 0 Å². The highest BCUT2D eigenvalue weighted by Gasteiger charge is 2.41. The lowest BCUT2D eigenvalue weighted by molar-refractivity contribution is -0.140. The fraction of sp³-hybridized carbons (Fsp3) is 0.923. The number of nitrogens with one attached hydrogen (secondary N) is 1. The van der Waals surface area contributed by atoms with Crippen LogP contribution in [0.4, 0.5) is 0 Å². The van der Waals surface area contributed by atoms with Gasteiger partial charge in [-0.3, -0.25) is 9.69 Å². The van der Waals surface area contributed by atoms with Crippen molar-refractivity contribution in [3.05, 3.63) is 0 Å². The highest BCUT2D eigenvalue weighted by molar-refractivity contribution is 6.40. The number of unbranched alkanes of at least 4 members (excludes halogenated alkanes) is 1. The van der Waals surface area contributed by atoms with Crippen LogP contribution in [-0.4, -0.2) is 64.9 Å². The minimum atomic E-state index is -1.26. The first-order valence-corrected chi connectivity index (χ1v) is 7.57. The minimum Gasteiger partial charge on any atom is -0.480 e. The third-order valence-electron chi connectivity index (χ3n) is 4.27. The number of carboxylic acid groups (broad SMARTS) is 1. The Kier molecular flexibility index (Phi) is 7.51. The predicted octanol–water partition coefficient (Wildman–Crippen LogP) is 0.0125. The number of aliphatic carboxylic acids is 1. The second-order valence-electron chi connectivity index (χ2n) is 5.44. The number of rotatable bonds is 9. The van der Waals surface area contributed by atoms with Crippen molar-refractivity contribution in [3.8, 4) is 0 Å². The van der Waals surface area contributed by atoms with Gasteiger partial charge in [-0.1, -0.05) is 26.7 Å². The Bertz CT molecular complexity index is 300. The molecule has 0 aliphatic carbocycles. The van der Waals surface area contributed by atoms with Crippen LogP contribution in [0, 0.1) is 5.92 Å². The number of hydrogen-bond acceptors (Lipinski definition) is 5. The molecule has 1 heterocycles. The molecule has 0 spiro atoms. The summed E-state index contributed by atoms with van der Waals surface area (Å²) in [5.41, 5.74) is 0. The van der Waals surface area contributed by atoms with Crippen LogP contribution in [0.25, 0.3) is 0 Å². The molecule has 0 radical (unpaired) electrons. The third-order valence-corrected chi connectivity index (χ3v) is 4.27. The van der Waals surface area contributed by atoms with Gasteiger partial charge in [0, 0.05) is 18.5 Å². The maximum atomic E-state index is 11.3. The molecule has 6 nitrogen and oxygen atoms in total. The van der Waals surface area contributed by atoms with Gasteiger partial charge in [0.25, 0.3) is 0 Å². The number of likely N-dealkylation sites (N-methyl/N-ethyl adjacent to an activating group) is 1. The molecule has 20 heavy (non-hydrogen) atoms. The molecule has 0 aromatic rings. The summed E-state index contributed by atoms with van der Waals surface area (Å²) < 4.78 is 0. The number of carbonyl (C=O) groups is 1. The number of hydrogen-bond donors (Lipinski definition) is 4. The molecule has 7 heteroatoms. The average Bonchev–Trinajstić information content (AvgIpc) is 2.80. The number of carboxylic acids is 1. The van der Waals surface area contributed by atoms with Crippen molar-refractivity contribution in [2.24, 2.45) is 5.92 Å². The smallest absolute Gasteiger partial charge is 0.451 e. The van der Waals surface area contributed by atoms with Gasteiger partial charge in [0.1, 0.15) is 6.04 Å². The molecule has 0 saturated carbocycles. The number of nitrogens with zero attached hydrogens (tertiary/aromatic N) is 1. The molecule has 0 bridgehead atoms. The fourth-order valence-electron chi connectivity index (χ4n) is 3.20. The Hall–Kier alpha value is -0.625. The molecule has 0 unspecified atom stereocenters. The maximum Gasteiger partial charge on any atom is 0.451 e. The van der Waals surface area contributed by atoms with Crippen molar-refractivity contribution in [2.75, 3.05) is 19.6 Å². The quantitative estimate of drug-likeness (QED) is 0.352. The van der Waals surface area contributed by atoms with Crippen LogP contribution in [-0.2, 0) is 4.79 Å². The summed E-state index contributed by atoms with van der Waals surface area (Å²) in [6.07, 6.45) is 2.70. The summed E-state index contributed by atoms with van der Waals surface area (Å²) in [4.78, 5) is 13.6. The highest BCUT2D eigenvalue weighted by atomic mass is 16.4. The molecule has 3 atom stereocenters. The van der Waals surface area contributed by atoms with Gasteiger partial charge in [-0.25, -0.2) is 0 Å². The summed E-state index contributed by atoms with van der Waals surface area (Å²) in [6, 6.07) is -0.232. The fourth-order valence-corrected chi connectivity index (χ4v) is 3.20. The lowest BCUT2D eigenvalue weighted by atomic mass is 9.81. The van der Waals surface area contributed by atoms with Crippen molar-refractivity contribution >= 4 is 13.1 Å². The second-order valence-corrected chi connectivity index (χ2v) is 5.44. The summed E-state index contributed by atoms with van der Waals surface area (Å²) in [6.45, 7) is 6.74. The third kappa shape index (κ3) is 4.73. The van der Waals surface area contributed by atoms with Gasteiger partial charge >= 0.3 is 13.1 Å². The van der Waals surface area contributed by atoms with Gasteiger partial charge in [0.2, 0.25) is 0 Å². The normalized spacial score (nSPS) is 26.1. The maximum absolute atomic E-state index is 11.3. The molecule has 4 N–H and O–H groups in total. The molecule has 1 aliphatic heterocycles. The van der Waals surface area contributed by atoms with E-state index < -0.39 is 19.1 Å². The molecule has 1 rings (SSSR count). The van der Waals surface area contributed by atoms with Gasteiger partial charge in [-0.05, 0) is 25.8 Å². The molecular weight excluding hydrogens is 259 g/mol. The van der Waals surface area contributed by atoms with Crippen LogP contribution in [0.2, 0.25) is 6.32 Å². The summed E-state index contributed by atoms with van der Waals surface area (Å²) in [5.74, 6) is -0.699. The topological polar surface area (TPSA) is 93.0 Å². The van der Waals surface area contributed by atoms with E-state index in [9.17, 15) is 9.90 Å². The lowest BCUT2D eigenvalue weighted by Gasteiger charge is -2.31. The van der Waals surface area contributed by atoms with Gasteiger partial charge in [-0.15, -0.1) is 0 Å². The Morgan fingerprint density at radius 2 is 1.95 bits per heavy atom. The van der Waals surface area contributed by atoms with E-state index in [2.05, 4.69) is 24.1 Å². The molecule has 1 saturated heterocycles. The van der Waals surface area contributed by atoms with Crippen molar-refractivity contribution < 1.29 is 19.9 Å². The van der Waals surface area contributed by atoms with Gasteiger partial charge in [-0.2, -0.15) is 0 Å². The van der Waals surface area contributed by atoms with E-state index in [1.807, 2.05) is 0 Å². The lowest BCUT2D eigenvalue weighted by Crippen LogP contribution is -2.42. The van der Waals surface area contributed by atoms with Gasteiger partial charge < -0.3 is 20.5 Å². The summed E-state index contributed by atoms with van der Waals surface area (Å²) >= 11 is 0. The Labute approximate surface area is 121 Å². The van der Waals surface area contributed by atoms with E-state index in [4.69, 9.17) is 10.0 Å². The monoisotopic (exact) mass is 286 g/mol. The van der Waals surface area contributed by atoms with E-state index in [1.165, 1.54) is 0 Å². The van der Waals surface area contributed by atoms with Crippen molar-refractivity contribution in [2.45, 2.75) is 51.5 Å². The average molecular weight is 286 g/mol. The van der Waals surface area contributed by atoms with E-state index >= 15 is 0 Å². The molecular formula is C13H27BN2O4. The zero-order valence-electron chi connectivity index (χ0n) is 12.5. The molecule has 1 aliphatic rings. The second kappa shape index (κ2) is 8.62. The van der Waals surface area contributed by atoms with Crippen LogP contribution in [0.5, 0.6) is 0 Å². The highest BCUT2D eigenvalue weighted by Crippen LogP contribution is 2.27.